The van der Waals surface area contributed by atoms with Gasteiger partial charge < -0.3 is 14.6 Å². The van der Waals surface area contributed by atoms with E-state index in [-0.39, 0.29) is 22.4 Å². The zero-order valence-corrected chi connectivity index (χ0v) is 15.8. The summed E-state index contributed by atoms with van der Waals surface area (Å²) in [5.74, 6) is -1.02. The Labute approximate surface area is 165 Å². The van der Waals surface area contributed by atoms with Gasteiger partial charge >= 0.3 is 5.97 Å². The number of rotatable bonds is 7. The van der Waals surface area contributed by atoms with E-state index in [1.807, 2.05) is 30.3 Å². The fraction of sp³-hybridized carbons (Fsp3) is 0.150. The maximum absolute atomic E-state index is 12.7. The van der Waals surface area contributed by atoms with Crippen molar-refractivity contribution in [3.8, 4) is 11.5 Å². The Hall–Kier alpha value is -3.26. The van der Waals surface area contributed by atoms with Crippen LogP contribution in [-0.2, 0) is 16.1 Å². The summed E-state index contributed by atoms with van der Waals surface area (Å²) < 4.78 is 10.5. The average molecular weight is 399 g/mol. The van der Waals surface area contributed by atoms with E-state index in [1.54, 1.807) is 18.2 Å². The van der Waals surface area contributed by atoms with Crippen LogP contribution in [0.25, 0.3) is 6.08 Å². The van der Waals surface area contributed by atoms with Crippen molar-refractivity contribution < 1.29 is 29.0 Å². The molecule has 1 aliphatic rings. The minimum Gasteiger partial charge on any atom is -0.493 e. The fourth-order valence-corrected chi connectivity index (χ4v) is 3.47. The first-order valence-electron chi connectivity index (χ1n) is 8.30. The maximum Gasteiger partial charge on any atom is 0.341 e. The number of benzene rings is 2. The van der Waals surface area contributed by atoms with Crippen LogP contribution in [-0.4, -0.2) is 40.8 Å². The van der Waals surface area contributed by atoms with Gasteiger partial charge in [0.2, 0.25) is 0 Å². The van der Waals surface area contributed by atoms with Gasteiger partial charge in [-0.25, -0.2) is 4.79 Å². The molecule has 3 rings (SSSR count). The number of amides is 2. The van der Waals surface area contributed by atoms with Crippen molar-refractivity contribution in [2.75, 3.05) is 13.7 Å². The molecule has 0 unspecified atom stereocenters. The molecule has 1 aliphatic heterocycles. The van der Waals surface area contributed by atoms with Gasteiger partial charge in [0.05, 0.1) is 18.6 Å². The van der Waals surface area contributed by atoms with Crippen LogP contribution < -0.4 is 9.47 Å². The van der Waals surface area contributed by atoms with E-state index in [9.17, 15) is 14.4 Å². The number of thioether (sulfide) groups is 1. The van der Waals surface area contributed by atoms with Crippen LogP contribution in [0, 0.1) is 0 Å². The Morgan fingerprint density at radius 3 is 2.57 bits per heavy atom. The summed E-state index contributed by atoms with van der Waals surface area (Å²) >= 11 is 0.828. The lowest BCUT2D eigenvalue weighted by Gasteiger charge is -2.13. The number of hydrogen-bond donors (Lipinski definition) is 1. The number of aliphatic carboxylic acids is 1. The van der Waals surface area contributed by atoms with Gasteiger partial charge in [0.1, 0.15) is 0 Å². The normalized spacial score (nSPS) is 15.2. The Kier molecular flexibility index (Phi) is 6.00. The number of methoxy groups -OCH3 is 1. The largest absolute Gasteiger partial charge is 0.493 e. The van der Waals surface area contributed by atoms with Crippen molar-refractivity contribution in [1.82, 2.24) is 4.90 Å². The summed E-state index contributed by atoms with van der Waals surface area (Å²) in [6.07, 6.45) is 1.51. The SMILES string of the molecule is COc1cccc(/C=C2\SC(=O)N(Cc3ccccc3)C2=O)c1OCC(=O)O. The zero-order valence-electron chi connectivity index (χ0n) is 15.0. The lowest BCUT2D eigenvalue weighted by atomic mass is 10.1. The Balaban J connectivity index is 1.88. The molecule has 144 valence electrons. The predicted octanol–water partition coefficient (Wildman–Crippen LogP) is 3.40. The lowest BCUT2D eigenvalue weighted by molar-refractivity contribution is -0.139. The molecule has 0 bridgehead atoms. The van der Waals surface area contributed by atoms with Crippen LogP contribution >= 0.6 is 11.8 Å². The van der Waals surface area contributed by atoms with Gasteiger partial charge in [0.25, 0.3) is 11.1 Å². The second kappa shape index (κ2) is 8.62. The van der Waals surface area contributed by atoms with E-state index in [2.05, 4.69) is 0 Å². The number of carboxylic acid groups (broad SMARTS) is 1. The first-order chi connectivity index (χ1) is 13.5. The third-order valence-electron chi connectivity index (χ3n) is 3.91. The minimum absolute atomic E-state index is 0.184. The summed E-state index contributed by atoms with van der Waals surface area (Å²) in [5.41, 5.74) is 1.30. The van der Waals surface area contributed by atoms with Crippen LogP contribution in [0.4, 0.5) is 4.79 Å². The van der Waals surface area contributed by atoms with Crippen LogP contribution in [0.3, 0.4) is 0 Å². The number of carbonyl (C=O) groups is 3. The molecule has 0 aliphatic carbocycles. The smallest absolute Gasteiger partial charge is 0.341 e. The van der Waals surface area contributed by atoms with Crippen molar-refractivity contribution in [3.63, 3.8) is 0 Å². The summed E-state index contributed by atoms with van der Waals surface area (Å²) in [6, 6.07) is 14.2. The van der Waals surface area contributed by atoms with Gasteiger partial charge in [-0.1, -0.05) is 42.5 Å². The number of nitrogens with zero attached hydrogens (tertiary/aromatic N) is 1. The van der Waals surface area contributed by atoms with Gasteiger partial charge in [0.15, 0.2) is 18.1 Å². The van der Waals surface area contributed by atoms with E-state index in [4.69, 9.17) is 14.6 Å². The third-order valence-corrected chi connectivity index (χ3v) is 4.82. The molecule has 7 nitrogen and oxygen atoms in total. The quantitative estimate of drug-likeness (QED) is 0.713. The highest BCUT2D eigenvalue weighted by molar-refractivity contribution is 8.18. The molecule has 2 aromatic carbocycles. The van der Waals surface area contributed by atoms with Gasteiger partial charge in [-0.05, 0) is 29.5 Å². The molecule has 2 amide bonds. The molecule has 1 fully saturated rings. The number of carboxylic acids is 1. The maximum atomic E-state index is 12.7. The van der Waals surface area contributed by atoms with Crippen molar-refractivity contribution >= 4 is 35.0 Å². The van der Waals surface area contributed by atoms with Crippen LogP contribution in [0.15, 0.2) is 53.4 Å². The Morgan fingerprint density at radius 1 is 1.14 bits per heavy atom. The molecule has 2 aromatic rings. The lowest BCUT2D eigenvalue weighted by Crippen LogP contribution is -2.27. The molecule has 0 spiro atoms. The van der Waals surface area contributed by atoms with Crippen molar-refractivity contribution in [1.29, 1.82) is 0 Å². The Morgan fingerprint density at radius 2 is 1.89 bits per heavy atom. The van der Waals surface area contributed by atoms with Crippen LogP contribution in [0.2, 0.25) is 0 Å². The Bertz CT molecular complexity index is 941. The third kappa shape index (κ3) is 4.34. The number of para-hydroxylation sites is 1. The van der Waals surface area contributed by atoms with E-state index in [0.29, 0.717) is 11.3 Å². The van der Waals surface area contributed by atoms with E-state index >= 15 is 0 Å². The summed E-state index contributed by atoms with van der Waals surface area (Å²) in [5, 5.41) is 8.51. The number of imide groups is 1. The molecule has 1 heterocycles. The molecule has 8 heteroatoms. The van der Waals surface area contributed by atoms with E-state index in [0.717, 1.165) is 17.3 Å². The van der Waals surface area contributed by atoms with Gasteiger partial charge in [-0.15, -0.1) is 0 Å². The highest BCUT2D eigenvalue weighted by Gasteiger charge is 2.35. The van der Waals surface area contributed by atoms with Crippen molar-refractivity contribution in [2.45, 2.75) is 6.54 Å². The first-order valence-corrected chi connectivity index (χ1v) is 9.12. The average Bonchev–Trinajstić information content (AvgIpc) is 2.95. The van der Waals surface area contributed by atoms with Crippen molar-refractivity contribution in [2.24, 2.45) is 0 Å². The minimum atomic E-state index is -1.14. The molecule has 0 atom stereocenters. The van der Waals surface area contributed by atoms with Gasteiger partial charge in [-0.2, -0.15) is 0 Å². The molecule has 1 saturated heterocycles. The van der Waals surface area contributed by atoms with Crippen LogP contribution in [0.1, 0.15) is 11.1 Å². The second-order valence-corrected chi connectivity index (χ2v) is 6.81. The van der Waals surface area contributed by atoms with E-state index in [1.165, 1.54) is 18.1 Å². The number of ether oxygens (including phenoxy) is 2. The molecule has 0 aromatic heterocycles. The van der Waals surface area contributed by atoms with Gasteiger partial charge in [-0.3, -0.25) is 14.5 Å². The van der Waals surface area contributed by atoms with Crippen molar-refractivity contribution in [3.05, 3.63) is 64.6 Å². The highest BCUT2D eigenvalue weighted by Crippen LogP contribution is 2.37. The second-order valence-electron chi connectivity index (χ2n) is 5.81. The molecular weight excluding hydrogens is 382 g/mol. The molecule has 28 heavy (non-hydrogen) atoms. The number of hydrogen-bond acceptors (Lipinski definition) is 6. The monoisotopic (exact) mass is 399 g/mol. The zero-order chi connectivity index (χ0) is 20.1. The van der Waals surface area contributed by atoms with E-state index < -0.39 is 18.5 Å². The highest BCUT2D eigenvalue weighted by atomic mass is 32.2. The summed E-state index contributed by atoms with van der Waals surface area (Å²) in [4.78, 5) is 37.3. The molecular formula is C20H17NO6S. The molecule has 1 N–H and O–H groups in total. The summed E-state index contributed by atoms with van der Waals surface area (Å²) in [7, 11) is 1.43. The topological polar surface area (TPSA) is 93.1 Å². The van der Waals surface area contributed by atoms with Gasteiger partial charge in [0, 0.05) is 5.56 Å². The standard InChI is InChI=1S/C20H17NO6S/c1-26-15-9-5-8-14(18(15)27-12-17(22)23)10-16-19(24)21(20(25)28-16)11-13-6-3-2-4-7-13/h2-10H,11-12H2,1H3,(H,22,23)/b16-10-. The molecule has 0 saturated carbocycles. The predicted molar refractivity (Wildman–Crippen MR) is 104 cm³/mol. The van der Waals surface area contributed by atoms with Crippen LogP contribution in [0.5, 0.6) is 11.5 Å². The fourth-order valence-electron chi connectivity index (χ4n) is 2.64. The first kappa shape index (κ1) is 19.5. The number of carbonyl (C=O) groups excluding carboxylic acids is 2. The summed E-state index contributed by atoms with van der Waals surface area (Å²) in [6.45, 7) is -0.375. The molecule has 0 radical (unpaired) electrons.